The Morgan fingerprint density at radius 1 is 1.40 bits per heavy atom. The standard InChI is InChI=1S/C13H19N2O8PS/c1-7-5-15(13(18)14-11(7)17)12-10(21-4-3-20-2)9(23-24(19)25)8(6-16)22-12/h5,8-10,12,16H,3-4,6H2,1-2H3,(H-,14,17,18,19,25)/p+1/t8-,9?,10?,12-/m1/s1. The summed E-state index contributed by atoms with van der Waals surface area (Å²) in [5.74, 6) is 0. The fraction of sp³-hybridized carbons (Fsp3) is 0.692. The highest BCUT2D eigenvalue weighted by molar-refractivity contribution is 8.39. The van der Waals surface area contributed by atoms with Crippen molar-refractivity contribution in [2.45, 2.75) is 31.5 Å². The van der Waals surface area contributed by atoms with Crippen LogP contribution in [0.1, 0.15) is 11.8 Å². The van der Waals surface area contributed by atoms with Crippen molar-refractivity contribution in [3.05, 3.63) is 32.6 Å². The molecule has 0 radical (unpaired) electrons. The number of ether oxygens (including phenoxy) is 3. The van der Waals surface area contributed by atoms with Gasteiger partial charge in [-0.2, -0.15) is 0 Å². The van der Waals surface area contributed by atoms with Crippen molar-refractivity contribution < 1.29 is 28.4 Å². The monoisotopic (exact) mass is 395 g/mol. The summed E-state index contributed by atoms with van der Waals surface area (Å²) in [6.07, 6.45) is -2.35. The molecule has 1 fully saturated rings. The summed E-state index contributed by atoms with van der Waals surface area (Å²) in [6.45, 7) is 1.51. The van der Waals surface area contributed by atoms with Crippen LogP contribution in [0, 0.1) is 6.92 Å². The minimum atomic E-state index is -2.30. The van der Waals surface area contributed by atoms with E-state index < -0.39 is 49.6 Å². The Bertz CT molecular complexity index is 723. The van der Waals surface area contributed by atoms with E-state index in [2.05, 4.69) is 17.2 Å². The van der Waals surface area contributed by atoms with E-state index >= 15 is 0 Å². The molecular weight excluding hydrogens is 375 g/mol. The molecule has 0 spiro atoms. The number of thiol groups is 1. The third-order valence-electron chi connectivity index (χ3n) is 3.70. The van der Waals surface area contributed by atoms with E-state index in [1.54, 1.807) is 0 Å². The van der Waals surface area contributed by atoms with E-state index in [0.717, 1.165) is 4.57 Å². The van der Waals surface area contributed by atoms with Crippen molar-refractivity contribution in [3.8, 4) is 0 Å². The second kappa shape index (κ2) is 9.04. The minimum absolute atomic E-state index is 0.152. The Kier molecular flexibility index (Phi) is 7.32. The average molecular weight is 395 g/mol. The third kappa shape index (κ3) is 4.76. The smallest absolute Gasteiger partial charge is 0.394 e. The Morgan fingerprint density at radius 2 is 2.12 bits per heavy atom. The third-order valence-corrected chi connectivity index (χ3v) is 4.40. The van der Waals surface area contributed by atoms with Gasteiger partial charge >= 0.3 is 12.9 Å². The molecule has 3 unspecified atom stereocenters. The second-order valence-electron chi connectivity index (χ2n) is 5.36. The molecule has 2 heterocycles. The summed E-state index contributed by atoms with van der Waals surface area (Å²) in [4.78, 5) is 25.9. The molecule has 0 amide bonds. The predicted molar refractivity (Wildman–Crippen MR) is 90.1 cm³/mol. The van der Waals surface area contributed by atoms with Crippen molar-refractivity contribution in [1.29, 1.82) is 0 Å². The van der Waals surface area contributed by atoms with Crippen LogP contribution in [0.5, 0.6) is 0 Å². The number of hydrogen-bond donors (Lipinski definition) is 3. The number of aromatic amines is 1. The van der Waals surface area contributed by atoms with E-state index in [1.165, 1.54) is 20.2 Å². The zero-order chi connectivity index (χ0) is 18.6. The first kappa shape index (κ1) is 20.2. The molecule has 0 saturated carbocycles. The molecule has 5 atom stereocenters. The number of methoxy groups -OCH3 is 1. The van der Waals surface area contributed by atoms with Gasteiger partial charge in [0, 0.05) is 18.9 Å². The van der Waals surface area contributed by atoms with Crippen LogP contribution >= 0.6 is 19.5 Å². The number of aryl methyl sites for hydroxylation is 1. The van der Waals surface area contributed by atoms with Gasteiger partial charge < -0.3 is 19.3 Å². The van der Waals surface area contributed by atoms with E-state index in [1.807, 2.05) is 0 Å². The number of H-pyrrole nitrogens is 1. The van der Waals surface area contributed by atoms with Gasteiger partial charge in [0.25, 0.3) is 5.56 Å². The summed E-state index contributed by atoms with van der Waals surface area (Å²) >= 11 is 3.72. The van der Waals surface area contributed by atoms with Crippen molar-refractivity contribution in [2.75, 3.05) is 26.9 Å². The Labute approximate surface area is 149 Å². The first-order valence-corrected chi connectivity index (χ1v) is 9.74. The highest BCUT2D eigenvalue weighted by atomic mass is 32.7. The summed E-state index contributed by atoms with van der Waals surface area (Å²) in [5, 5.41) is 9.52. The molecule has 1 aliphatic rings. The SMILES string of the molecule is COCCOC1C(O[P+](=O)S)[C@@H](CO)O[C@H]1n1cc(C)c(=O)[nH]c1=O. The highest BCUT2D eigenvalue weighted by Crippen LogP contribution is 2.40. The number of nitrogens with one attached hydrogen (secondary N) is 1. The zero-order valence-corrected chi connectivity index (χ0v) is 15.4. The van der Waals surface area contributed by atoms with Crippen LogP contribution in [0.2, 0.25) is 0 Å². The van der Waals surface area contributed by atoms with E-state index in [0.29, 0.717) is 5.56 Å². The molecule has 2 rings (SSSR count). The van der Waals surface area contributed by atoms with Crippen molar-refractivity contribution in [1.82, 2.24) is 9.55 Å². The molecule has 1 aliphatic heterocycles. The molecule has 0 aliphatic carbocycles. The van der Waals surface area contributed by atoms with Crippen LogP contribution in [0.3, 0.4) is 0 Å². The molecule has 1 saturated heterocycles. The zero-order valence-electron chi connectivity index (χ0n) is 13.7. The van der Waals surface area contributed by atoms with Crippen molar-refractivity contribution in [3.63, 3.8) is 0 Å². The minimum Gasteiger partial charge on any atom is -0.394 e. The number of hydrogen-bond acceptors (Lipinski definition) is 8. The van der Waals surface area contributed by atoms with E-state index in [9.17, 15) is 19.3 Å². The maximum Gasteiger partial charge on any atom is 0.582 e. The number of rotatable bonds is 8. The summed E-state index contributed by atoms with van der Waals surface area (Å²) in [5.41, 5.74) is -0.918. The van der Waals surface area contributed by atoms with Crippen LogP contribution in [-0.2, 0) is 23.3 Å². The molecule has 2 N–H and O–H groups in total. The van der Waals surface area contributed by atoms with Crippen LogP contribution in [0.25, 0.3) is 0 Å². The van der Waals surface area contributed by atoms with Crippen LogP contribution < -0.4 is 11.2 Å². The molecular formula is C13H20N2O8PS+. The van der Waals surface area contributed by atoms with Gasteiger partial charge in [0.1, 0.15) is 24.5 Å². The molecule has 12 heteroatoms. The first-order valence-electron chi connectivity index (χ1n) is 7.40. The molecule has 0 aromatic carbocycles. The maximum absolute atomic E-state index is 12.1. The van der Waals surface area contributed by atoms with Crippen LogP contribution in [0.15, 0.2) is 15.8 Å². The average Bonchev–Trinajstić information content (AvgIpc) is 2.88. The largest absolute Gasteiger partial charge is 0.582 e. The molecule has 25 heavy (non-hydrogen) atoms. The lowest BCUT2D eigenvalue weighted by molar-refractivity contribution is -0.0808. The van der Waals surface area contributed by atoms with Crippen LogP contribution in [0.4, 0.5) is 0 Å². The molecule has 10 nitrogen and oxygen atoms in total. The first-order chi connectivity index (χ1) is 11.9. The van der Waals surface area contributed by atoms with Crippen molar-refractivity contribution in [2.24, 2.45) is 0 Å². The van der Waals surface area contributed by atoms with Gasteiger partial charge in [-0.15, -0.1) is 4.52 Å². The number of aliphatic hydroxyl groups is 1. The summed E-state index contributed by atoms with van der Waals surface area (Å²) < 4.78 is 34.1. The fourth-order valence-corrected chi connectivity index (χ4v) is 3.32. The second-order valence-corrected chi connectivity index (χ2v) is 7.03. The molecule has 140 valence electrons. The molecule has 0 bridgehead atoms. The maximum atomic E-state index is 12.1. The van der Waals surface area contributed by atoms with Gasteiger partial charge in [0.05, 0.1) is 19.8 Å². The molecule has 1 aromatic heterocycles. The van der Waals surface area contributed by atoms with Crippen LogP contribution in [-0.4, -0.2) is 59.9 Å². The van der Waals surface area contributed by atoms with Crippen molar-refractivity contribution >= 4 is 19.5 Å². The lowest BCUT2D eigenvalue weighted by Gasteiger charge is -2.22. The summed E-state index contributed by atoms with van der Waals surface area (Å²) in [6, 6.07) is 0. The Hall–Kier alpha value is -1.07. The van der Waals surface area contributed by atoms with E-state index in [4.69, 9.17) is 18.7 Å². The van der Waals surface area contributed by atoms with Gasteiger partial charge in [0.15, 0.2) is 12.3 Å². The Morgan fingerprint density at radius 3 is 2.72 bits per heavy atom. The number of aromatic nitrogens is 2. The molecule has 1 aromatic rings. The van der Waals surface area contributed by atoms with Gasteiger partial charge in [-0.1, -0.05) is 0 Å². The number of nitrogens with zero attached hydrogens (tertiary/aromatic N) is 1. The quantitative estimate of drug-likeness (QED) is 0.312. The number of aliphatic hydroxyl groups excluding tert-OH is 1. The highest BCUT2D eigenvalue weighted by Gasteiger charge is 2.51. The topological polar surface area (TPSA) is 129 Å². The van der Waals surface area contributed by atoms with Gasteiger partial charge in [-0.25, -0.2) is 4.79 Å². The van der Waals surface area contributed by atoms with E-state index in [-0.39, 0.29) is 13.2 Å². The van der Waals surface area contributed by atoms with Gasteiger partial charge in [-0.3, -0.25) is 14.3 Å². The van der Waals surface area contributed by atoms with Gasteiger partial charge in [-0.05, 0) is 11.5 Å². The Balaban J connectivity index is 2.39. The normalized spacial score (nSPS) is 26.8. The summed E-state index contributed by atoms with van der Waals surface area (Å²) in [7, 11) is -0.802. The lowest BCUT2D eigenvalue weighted by Crippen LogP contribution is -2.40. The van der Waals surface area contributed by atoms with Gasteiger partial charge in [0.2, 0.25) is 0 Å². The fourth-order valence-electron chi connectivity index (χ4n) is 2.53. The predicted octanol–water partition coefficient (Wildman–Crippen LogP) is -0.261. The lowest BCUT2D eigenvalue weighted by atomic mass is 10.1.